The Hall–Kier alpha value is -3.63. The summed E-state index contributed by atoms with van der Waals surface area (Å²) in [6, 6.07) is 9.15. The van der Waals surface area contributed by atoms with Crippen molar-refractivity contribution in [2.75, 3.05) is 50.9 Å². The van der Waals surface area contributed by atoms with Crippen LogP contribution in [0.2, 0.25) is 0 Å². The molecule has 3 fully saturated rings. The molecule has 7 rings (SSSR count). The number of phenolic OH excluding ortho intramolecular Hbond substituents is 1. The standard InChI is InChI=1S/C32H35F2N5O3/c1-2-20-6-3-7-21-14-23(40)15-24(26(20)21)28-27(34)29-25(17-35-28)30(38-9-5-12-41-13-11-38)37-31(36-29)42-19-32-8-4-10-39(32)18-22(33)16-32/h3,6-7,14-15,17,22,40H,2,4-5,8-13,16,18-19H2,1H3/t22-,32+/m1/s1. The minimum atomic E-state index is -0.879. The highest BCUT2D eigenvalue weighted by molar-refractivity contribution is 6.01. The van der Waals surface area contributed by atoms with Crippen molar-refractivity contribution in [1.82, 2.24) is 19.9 Å². The lowest BCUT2D eigenvalue weighted by molar-refractivity contribution is 0.107. The molecule has 2 atom stereocenters. The van der Waals surface area contributed by atoms with Crippen molar-refractivity contribution >= 4 is 27.5 Å². The summed E-state index contributed by atoms with van der Waals surface area (Å²) in [5.41, 5.74) is 1.37. The fraction of sp³-hybridized carbons (Fsp3) is 0.469. The van der Waals surface area contributed by atoms with Crippen LogP contribution < -0.4 is 9.64 Å². The zero-order valence-electron chi connectivity index (χ0n) is 23.8. The zero-order valence-corrected chi connectivity index (χ0v) is 23.8. The third-order valence-corrected chi connectivity index (χ3v) is 9.08. The molecule has 0 bridgehead atoms. The van der Waals surface area contributed by atoms with Gasteiger partial charge in [0.2, 0.25) is 0 Å². The minimum absolute atomic E-state index is 0.0344. The molecule has 3 aliphatic heterocycles. The summed E-state index contributed by atoms with van der Waals surface area (Å²) in [7, 11) is 0. The first-order valence-electron chi connectivity index (χ1n) is 14.9. The highest BCUT2D eigenvalue weighted by Gasteiger charge is 2.49. The maximum Gasteiger partial charge on any atom is 0.319 e. The van der Waals surface area contributed by atoms with Crippen LogP contribution in [0.1, 0.15) is 38.2 Å². The second-order valence-corrected chi connectivity index (χ2v) is 11.7. The number of benzene rings is 2. The number of fused-ring (bicyclic) bond motifs is 3. The van der Waals surface area contributed by atoms with Gasteiger partial charge in [0.25, 0.3) is 0 Å². The van der Waals surface area contributed by atoms with Crippen molar-refractivity contribution in [3.63, 3.8) is 0 Å². The monoisotopic (exact) mass is 575 g/mol. The molecule has 0 amide bonds. The van der Waals surface area contributed by atoms with E-state index in [2.05, 4.69) is 19.8 Å². The maximum absolute atomic E-state index is 16.7. The van der Waals surface area contributed by atoms with E-state index in [1.54, 1.807) is 18.3 Å². The molecular formula is C32H35F2N5O3. The van der Waals surface area contributed by atoms with Crippen molar-refractivity contribution in [3.8, 4) is 23.0 Å². The van der Waals surface area contributed by atoms with Crippen molar-refractivity contribution in [3.05, 3.63) is 47.9 Å². The van der Waals surface area contributed by atoms with Gasteiger partial charge in [-0.1, -0.05) is 25.1 Å². The SMILES string of the molecule is CCc1cccc2cc(O)cc(-c3ncc4c(N5CCCOCC5)nc(OC[C@@]56CCCN5C[C@H](F)C6)nc4c3F)c12. The van der Waals surface area contributed by atoms with Gasteiger partial charge in [0.15, 0.2) is 5.82 Å². The van der Waals surface area contributed by atoms with Crippen LogP contribution in [0.3, 0.4) is 0 Å². The second kappa shape index (κ2) is 10.9. The van der Waals surface area contributed by atoms with Crippen molar-refractivity contribution < 1.29 is 23.4 Å². The van der Waals surface area contributed by atoms with E-state index in [0.717, 1.165) is 48.6 Å². The summed E-state index contributed by atoms with van der Waals surface area (Å²) in [5, 5.41) is 12.7. The lowest BCUT2D eigenvalue weighted by Gasteiger charge is -2.31. The Balaban J connectivity index is 1.36. The molecule has 3 aliphatic rings. The van der Waals surface area contributed by atoms with E-state index >= 15 is 4.39 Å². The average molecular weight is 576 g/mol. The zero-order chi connectivity index (χ0) is 28.8. The number of rotatable bonds is 6. The average Bonchev–Trinajstić information content (AvgIpc) is 3.37. The Labute approximate surface area is 243 Å². The molecule has 3 saturated heterocycles. The third kappa shape index (κ3) is 4.70. The predicted octanol–water partition coefficient (Wildman–Crippen LogP) is 5.43. The molecule has 2 aromatic heterocycles. The first-order chi connectivity index (χ1) is 20.5. The predicted molar refractivity (Wildman–Crippen MR) is 157 cm³/mol. The molecule has 0 radical (unpaired) electrons. The summed E-state index contributed by atoms with van der Waals surface area (Å²) in [6.07, 6.45) is 4.55. The molecule has 220 valence electrons. The molecule has 2 aromatic carbocycles. The molecule has 0 saturated carbocycles. The van der Waals surface area contributed by atoms with E-state index in [-0.39, 0.29) is 35.1 Å². The van der Waals surface area contributed by atoms with Crippen LogP contribution in [-0.4, -0.2) is 82.7 Å². The third-order valence-electron chi connectivity index (χ3n) is 9.08. The summed E-state index contributed by atoms with van der Waals surface area (Å²) in [4.78, 5) is 18.2. The molecule has 42 heavy (non-hydrogen) atoms. The van der Waals surface area contributed by atoms with Gasteiger partial charge in [0.05, 0.1) is 17.5 Å². The van der Waals surface area contributed by atoms with Crippen LogP contribution in [-0.2, 0) is 11.2 Å². The maximum atomic E-state index is 16.7. The molecular weight excluding hydrogens is 540 g/mol. The van der Waals surface area contributed by atoms with Gasteiger partial charge in [0.1, 0.15) is 35.6 Å². The molecule has 4 aromatic rings. The minimum Gasteiger partial charge on any atom is -0.508 e. The van der Waals surface area contributed by atoms with Gasteiger partial charge >= 0.3 is 6.01 Å². The van der Waals surface area contributed by atoms with Gasteiger partial charge in [-0.3, -0.25) is 9.88 Å². The lowest BCUT2D eigenvalue weighted by Crippen LogP contribution is -2.43. The van der Waals surface area contributed by atoms with Gasteiger partial charge in [-0.2, -0.15) is 9.97 Å². The Kier molecular flexibility index (Phi) is 7.06. The van der Waals surface area contributed by atoms with E-state index < -0.39 is 12.0 Å². The quantitative estimate of drug-likeness (QED) is 0.326. The number of hydrogen-bond donors (Lipinski definition) is 1. The van der Waals surface area contributed by atoms with Gasteiger partial charge in [-0.05, 0) is 60.7 Å². The van der Waals surface area contributed by atoms with Crippen LogP contribution in [0.15, 0.2) is 36.5 Å². The number of anilines is 1. The van der Waals surface area contributed by atoms with Crippen molar-refractivity contribution in [1.29, 1.82) is 0 Å². The van der Waals surface area contributed by atoms with Crippen LogP contribution in [0.25, 0.3) is 32.9 Å². The van der Waals surface area contributed by atoms with Gasteiger partial charge in [-0.15, -0.1) is 0 Å². The number of aromatic hydroxyl groups is 1. The molecule has 0 spiro atoms. The van der Waals surface area contributed by atoms with Crippen molar-refractivity contribution in [2.45, 2.75) is 50.7 Å². The normalized spacial score (nSPS) is 23.0. The fourth-order valence-corrected chi connectivity index (χ4v) is 7.09. The van der Waals surface area contributed by atoms with Crippen molar-refractivity contribution in [2.24, 2.45) is 0 Å². The largest absolute Gasteiger partial charge is 0.508 e. The van der Waals surface area contributed by atoms with E-state index in [4.69, 9.17) is 14.5 Å². The highest BCUT2D eigenvalue weighted by Crippen LogP contribution is 2.41. The number of ether oxygens (including phenoxy) is 2. The number of phenols is 1. The van der Waals surface area contributed by atoms with E-state index in [9.17, 15) is 9.50 Å². The van der Waals surface area contributed by atoms with E-state index in [1.165, 1.54) is 0 Å². The number of halogens is 2. The number of aryl methyl sites for hydroxylation is 1. The van der Waals surface area contributed by atoms with Crippen LogP contribution in [0.5, 0.6) is 11.8 Å². The molecule has 1 N–H and O–H groups in total. The first kappa shape index (κ1) is 27.2. The van der Waals surface area contributed by atoms with Gasteiger partial charge in [-0.25, -0.2) is 8.78 Å². The van der Waals surface area contributed by atoms with Crippen LogP contribution in [0.4, 0.5) is 14.6 Å². The van der Waals surface area contributed by atoms with Gasteiger partial charge < -0.3 is 19.5 Å². The summed E-state index contributed by atoms with van der Waals surface area (Å²) in [6.45, 7) is 6.01. The second-order valence-electron chi connectivity index (χ2n) is 11.7. The number of aromatic nitrogens is 3. The fourth-order valence-electron chi connectivity index (χ4n) is 7.09. The smallest absolute Gasteiger partial charge is 0.319 e. The Morgan fingerprint density at radius 3 is 2.93 bits per heavy atom. The lowest BCUT2D eigenvalue weighted by atomic mass is 9.95. The van der Waals surface area contributed by atoms with Crippen LogP contribution in [0, 0.1) is 5.82 Å². The molecule has 8 nitrogen and oxygen atoms in total. The van der Waals surface area contributed by atoms with Crippen LogP contribution >= 0.6 is 0 Å². The molecule has 0 aliphatic carbocycles. The summed E-state index contributed by atoms with van der Waals surface area (Å²) < 4.78 is 43.0. The number of pyridine rings is 1. The molecule has 0 unspecified atom stereocenters. The number of nitrogens with zero attached hydrogens (tertiary/aromatic N) is 5. The topological polar surface area (TPSA) is 83.8 Å². The van der Waals surface area contributed by atoms with E-state index in [1.807, 2.05) is 25.1 Å². The summed E-state index contributed by atoms with van der Waals surface area (Å²) in [5.74, 6) is -0.0219. The Morgan fingerprint density at radius 2 is 2.05 bits per heavy atom. The number of alkyl halides is 1. The summed E-state index contributed by atoms with van der Waals surface area (Å²) >= 11 is 0. The number of hydrogen-bond acceptors (Lipinski definition) is 8. The van der Waals surface area contributed by atoms with E-state index in [0.29, 0.717) is 56.0 Å². The Morgan fingerprint density at radius 1 is 1.14 bits per heavy atom. The molecule has 10 heteroatoms. The molecule has 5 heterocycles. The van der Waals surface area contributed by atoms with Gasteiger partial charge in [0, 0.05) is 44.4 Å². The first-order valence-corrected chi connectivity index (χ1v) is 14.9. The highest BCUT2D eigenvalue weighted by atomic mass is 19.1. The Bertz CT molecular complexity index is 1640.